The van der Waals surface area contributed by atoms with Crippen LogP contribution in [0.2, 0.25) is 0 Å². The van der Waals surface area contributed by atoms with Gasteiger partial charge in [-0.05, 0) is 45.7 Å². The van der Waals surface area contributed by atoms with Gasteiger partial charge in [-0.3, -0.25) is 9.78 Å². The van der Waals surface area contributed by atoms with E-state index in [1.807, 2.05) is 33.8 Å². The summed E-state index contributed by atoms with van der Waals surface area (Å²) in [7, 11) is 0. The molecule has 0 amide bonds. The van der Waals surface area contributed by atoms with Crippen LogP contribution in [-0.4, -0.2) is 26.0 Å². The highest BCUT2D eigenvalue weighted by molar-refractivity contribution is 5.76. The minimum Gasteiger partial charge on any atom is -0.481 e. The largest absolute Gasteiger partial charge is 0.481 e. The summed E-state index contributed by atoms with van der Waals surface area (Å²) in [6.45, 7) is 9.24. The first-order valence-corrected chi connectivity index (χ1v) is 6.82. The zero-order chi connectivity index (χ0) is 15.7. The number of hydrogen-bond acceptors (Lipinski definition) is 4. The van der Waals surface area contributed by atoms with Crippen LogP contribution in [-0.2, 0) is 4.79 Å². The monoisotopic (exact) mass is 285 g/mol. The molecule has 1 N–H and O–H groups in total. The fourth-order valence-corrected chi connectivity index (χ4v) is 2.53. The van der Waals surface area contributed by atoms with Crippen molar-refractivity contribution in [3.05, 3.63) is 40.3 Å². The number of aryl methyl sites for hydroxylation is 4. The van der Waals surface area contributed by atoms with E-state index in [1.165, 1.54) is 0 Å². The van der Waals surface area contributed by atoms with Crippen molar-refractivity contribution in [3.8, 4) is 11.5 Å². The summed E-state index contributed by atoms with van der Waals surface area (Å²) in [6, 6.07) is 2.03. The summed E-state index contributed by atoms with van der Waals surface area (Å²) in [5.41, 5.74) is 4.88. The molecule has 2 rings (SSSR count). The lowest BCUT2D eigenvalue weighted by Gasteiger charge is -2.14. The van der Waals surface area contributed by atoms with E-state index >= 15 is 0 Å². The van der Waals surface area contributed by atoms with Gasteiger partial charge in [0.1, 0.15) is 5.69 Å². The van der Waals surface area contributed by atoms with Crippen LogP contribution >= 0.6 is 0 Å². The SMILES string of the molecule is Cc1cnc(-c2nc(C)c(C(C)C(=O)O)c(C)n2)c(C)c1. The molecule has 21 heavy (non-hydrogen) atoms. The van der Waals surface area contributed by atoms with E-state index in [1.54, 1.807) is 13.1 Å². The van der Waals surface area contributed by atoms with Gasteiger partial charge < -0.3 is 5.11 Å². The Hall–Kier alpha value is -2.30. The normalized spacial score (nSPS) is 12.2. The number of carboxylic acids is 1. The lowest BCUT2D eigenvalue weighted by Crippen LogP contribution is -2.13. The highest BCUT2D eigenvalue weighted by atomic mass is 16.4. The standard InChI is InChI=1S/C16H19N3O2/c1-8-6-9(2)14(17-7-8)15-18-11(4)13(12(5)19-15)10(3)16(20)21/h6-7,10H,1-5H3,(H,20,21). The molecule has 0 spiro atoms. The highest BCUT2D eigenvalue weighted by Crippen LogP contribution is 2.25. The average molecular weight is 285 g/mol. The number of aromatic nitrogens is 3. The maximum atomic E-state index is 11.2. The molecule has 0 saturated heterocycles. The van der Waals surface area contributed by atoms with Gasteiger partial charge in [0, 0.05) is 23.1 Å². The van der Waals surface area contributed by atoms with Gasteiger partial charge in [0.2, 0.25) is 0 Å². The van der Waals surface area contributed by atoms with Crippen LogP contribution in [0.3, 0.4) is 0 Å². The number of pyridine rings is 1. The van der Waals surface area contributed by atoms with Gasteiger partial charge in [0.05, 0.1) is 5.92 Å². The second kappa shape index (κ2) is 5.60. The Balaban J connectivity index is 2.56. The predicted molar refractivity (Wildman–Crippen MR) is 80.3 cm³/mol. The average Bonchev–Trinajstić information content (AvgIpc) is 2.37. The van der Waals surface area contributed by atoms with Crippen LogP contribution in [0.25, 0.3) is 11.5 Å². The Labute approximate surface area is 124 Å². The van der Waals surface area contributed by atoms with Gasteiger partial charge in [-0.25, -0.2) is 9.97 Å². The third-order valence-electron chi connectivity index (χ3n) is 3.56. The van der Waals surface area contributed by atoms with E-state index in [9.17, 15) is 9.90 Å². The molecule has 1 atom stereocenters. The molecule has 0 aliphatic carbocycles. The van der Waals surface area contributed by atoms with E-state index < -0.39 is 11.9 Å². The fraction of sp³-hybridized carbons (Fsp3) is 0.375. The van der Waals surface area contributed by atoms with Crippen LogP contribution < -0.4 is 0 Å². The van der Waals surface area contributed by atoms with E-state index in [0.717, 1.165) is 16.8 Å². The van der Waals surface area contributed by atoms with Gasteiger partial charge in [-0.1, -0.05) is 6.07 Å². The Bertz CT molecular complexity index is 688. The Morgan fingerprint density at radius 3 is 2.19 bits per heavy atom. The number of rotatable bonds is 3. The number of hydrogen-bond donors (Lipinski definition) is 1. The Morgan fingerprint density at radius 2 is 1.71 bits per heavy atom. The van der Waals surface area contributed by atoms with E-state index in [4.69, 9.17) is 0 Å². The molecule has 0 aliphatic heterocycles. The summed E-state index contributed by atoms with van der Waals surface area (Å²) in [5.74, 6) is -0.947. The van der Waals surface area contributed by atoms with Crippen molar-refractivity contribution in [2.45, 2.75) is 40.5 Å². The van der Waals surface area contributed by atoms with Crippen molar-refractivity contribution < 1.29 is 9.90 Å². The first-order chi connectivity index (χ1) is 9.81. The number of nitrogens with zero attached hydrogens (tertiary/aromatic N) is 3. The van der Waals surface area contributed by atoms with Crippen LogP contribution in [0.4, 0.5) is 0 Å². The summed E-state index contributed by atoms with van der Waals surface area (Å²) in [4.78, 5) is 24.5. The third kappa shape index (κ3) is 2.91. The topological polar surface area (TPSA) is 76.0 Å². The number of aliphatic carboxylic acids is 1. The Morgan fingerprint density at radius 1 is 1.14 bits per heavy atom. The molecule has 0 fully saturated rings. The minimum absolute atomic E-state index is 0.545. The van der Waals surface area contributed by atoms with E-state index in [2.05, 4.69) is 15.0 Å². The van der Waals surface area contributed by atoms with Crippen LogP contribution in [0.5, 0.6) is 0 Å². The minimum atomic E-state index is -0.873. The van der Waals surface area contributed by atoms with Gasteiger partial charge in [-0.15, -0.1) is 0 Å². The van der Waals surface area contributed by atoms with Crippen LogP contribution in [0, 0.1) is 27.7 Å². The molecular formula is C16H19N3O2. The summed E-state index contributed by atoms with van der Waals surface area (Å²) < 4.78 is 0. The molecule has 0 aliphatic rings. The number of carboxylic acid groups (broad SMARTS) is 1. The molecule has 0 radical (unpaired) electrons. The zero-order valence-corrected chi connectivity index (χ0v) is 12.9. The summed E-state index contributed by atoms with van der Waals surface area (Å²) in [6.07, 6.45) is 1.78. The van der Waals surface area contributed by atoms with Crippen molar-refractivity contribution in [3.63, 3.8) is 0 Å². The van der Waals surface area contributed by atoms with Crippen LogP contribution in [0.1, 0.15) is 40.9 Å². The van der Waals surface area contributed by atoms with Gasteiger partial charge >= 0.3 is 5.97 Å². The second-order valence-corrected chi connectivity index (χ2v) is 5.37. The lowest BCUT2D eigenvalue weighted by atomic mass is 9.98. The first kappa shape index (κ1) is 15.1. The molecule has 1 unspecified atom stereocenters. The lowest BCUT2D eigenvalue weighted by molar-refractivity contribution is -0.138. The predicted octanol–water partition coefficient (Wildman–Crippen LogP) is 2.96. The molecule has 0 saturated carbocycles. The molecule has 5 heteroatoms. The quantitative estimate of drug-likeness (QED) is 0.938. The van der Waals surface area contributed by atoms with Crippen molar-refractivity contribution >= 4 is 5.97 Å². The summed E-state index contributed by atoms with van der Waals surface area (Å²) >= 11 is 0. The maximum absolute atomic E-state index is 11.2. The molecule has 0 bridgehead atoms. The van der Waals surface area contributed by atoms with E-state index in [-0.39, 0.29) is 0 Å². The molecule has 2 heterocycles. The first-order valence-electron chi connectivity index (χ1n) is 6.82. The highest BCUT2D eigenvalue weighted by Gasteiger charge is 2.21. The number of carbonyl (C=O) groups is 1. The van der Waals surface area contributed by atoms with Crippen molar-refractivity contribution in [1.82, 2.24) is 15.0 Å². The smallest absolute Gasteiger partial charge is 0.310 e. The van der Waals surface area contributed by atoms with Crippen molar-refractivity contribution in [2.75, 3.05) is 0 Å². The maximum Gasteiger partial charge on any atom is 0.310 e. The van der Waals surface area contributed by atoms with Gasteiger partial charge in [-0.2, -0.15) is 0 Å². The molecule has 0 aromatic carbocycles. The molecular weight excluding hydrogens is 266 g/mol. The van der Waals surface area contributed by atoms with Gasteiger partial charge in [0.15, 0.2) is 5.82 Å². The zero-order valence-electron chi connectivity index (χ0n) is 12.9. The fourth-order valence-electron chi connectivity index (χ4n) is 2.53. The van der Waals surface area contributed by atoms with Crippen molar-refractivity contribution in [1.29, 1.82) is 0 Å². The Kier molecular flexibility index (Phi) is 4.02. The third-order valence-corrected chi connectivity index (χ3v) is 3.56. The molecule has 2 aromatic rings. The molecule has 5 nitrogen and oxygen atoms in total. The molecule has 110 valence electrons. The van der Waals surface area contributed by atoms with Crippen LogP contribution in [0.15, 0.2) is 12.3 Å². The molecule has 2 aromatic heterocycles. The van der Waals surface area contributed by atoms with Crippen molar-refractivity contribution in [2.24, 2.45) is 0 Å². The van der Waals surface area contributed by atoms with E-state index in [0.29, 0.717) is 22.8 Å². The second-order valence-electron chi connectivity index (χ2n) is 5.37. The van der Waals surface area contributed by atoms with Gasteiger partial charge in [0.25, 0.3) is 0 Å². The summed E-state index contributed by atoms with van der Waals surface area (Å²) in [5, 5.41) is 9.18.